The minimum absolute atomic E-state index is 0.142. The van der Waals surface area contributed by atoms with Crippen LogP contribution in [0.1, 0.15) is 33.1 Å². The first-order chi connectivity index (χ1) is 10.3. The third-order valence-corrected chi connectivity index (χ3v) is 4.37. The Morgan fingerprint density at radius 3 is 2.50 bits per heavy atom. The summed E-state index contributed by atoms with van der Waals surface area (Å²) in [6, 6.07) is -0.844. The molecule has 1 fully saturated rings. The molecule has 1 aliphatic heterocycles. The fourth-order valence-corrected chi connectivity index (χ4v) is 2.99. The van der Waals surface area contributed by atoms with Gasteiger partial charge >= 0.3 is 11.9 Å². The minimum Gasteiger partial charge on any atom is -0.480 e. The molecule has 7 nitrogen and oxygen atoms in total. The molecule has 2 atom stereocenters. The molecule has 124 valence electrons. The van der Waals surface area contributed by atoms with Crippen molar-refractivity contribution < 1.29 is 29.0 Å². The quantitative estimate of drug-likeness (QED) is 0.722. The number of hydrogen-bond acceptors (Lipinski definition) is 6. The third-order valence-electron chi connectivity index (χ3n) is 3.40. The second-order valence-corrected chi connectivity index (χ2v) is 6.38. The number of carbonyl (C=O) groups is 4. The summed E-state index contributed by atoms with van der Waals surface area (Å²) >= 11 is 0.968. The van der Waals surface area contributed by atoms with Crippen LogP contribution in [-0.2, 0) is 23.9 Å². The maximum Gasteiger partial charge on any atom is 0.326 e. The Balaban J connectivity index is 2.80. The van der Waals surface area contributed by atoms with Gasteiger partial charge in [0.25, 0.3) is 0 Å². The number of carboxylic acids is 1. The molecule has 0 spiro atoms. The summed E-state index contributed by atoms with van der Waals surface area (Å²) in [5.41, 5.74) is 0. The van der Waals surface area contributed by atoms with Gasteiger partial charge in [0.1, 0.15) is 12.6 Å². The number of likely N-dealkylation sites (tertiary alicyclic amines) is 1. The summed E-state index contributed by atoms with van der Waals surface area (Å²) in [7, 11) is 0. The number of carboxylic acid groups (broad SMARTS) is 1. The van der Waals surface area contributed by atoms with Crippen LogP contribution >= 0.6 is 11.8 Å². The Bertz CT molecular complexity index is 435. The lowest BCUT2D eigenvalue weighted by Crippen LogP contribution is -2.51. The van der Waals surface area contributed by atoms with Crippen molar-refractivity contribution in [3.63, 3.8) is 0 Å². The molecule has 1 heterocycles. The van der Waals surface area contributed by atoms with Crippen LogP contribution in [0.5, 0.6) is 0 Å². The number of carbonyl (C=O) groups excluding carboxylic acids is 3. The van der Waals surface area contributed by atoms with Crippen LogP contribution in [0.15, 0.2) is 0 Å². The van der Waals surface area contributed by atoms with Crippen LogP contribution in [0.3, 0.4) is 0 Å². The highest BCUT2D eigenvalue weighted by molar-refractivity contribution is 8.13. The van der Waals surface area contributed by atoms with Crippen molar-refractivity contribution in [2.24, 2.45) is 5.92 Å². The Kier molecular flexibility index (Phi) is 7.37. The molecule has 2 unspecified atom stereocenters. The Morgan fingerprint density at radius 1 is 1.27 bits per heavy atom. The van der Waals surface area contributed by atoms with Gasteiger partial charge in [0, 0.05) is 26.1 Å². The Hall–Kier alpha value is -1.57. The number of amides is 1. The highest BCUT2D eigenvalue weighted by atomic mass is 32.2. The molecule has 0 bridgehead atoms. The average molecular weight is 331 g/mol. The molecular formula is C14H21NO6S. The zero-order chi connectivity index (χ0) is 16.7. The van der Waals surface area contributed by atoms with Gasteiger partial charge < -0.3 is 14.7 Å². The lowest BCUT2D eigenvalue weighted by Gasteiger charge is -2.35. The fourth-order valence-electron chi connectivity index (χ4n) is 2.31. The maximum atomic E-state index is 12.6. The number of ether oxygens (including phenoxy) is 1. The molecular weight excluding hydrogens is 310 g/mol. The third kappa shape index (κ3) is 5.67. The van der Waals surface area contributed by atoms with Crippen molar-refractivity contribution in [2.75, 3.05) is 18.9 Å². The predicted molar refractivity (Wildman–Crippen MR) is 80.2 cm³/mol. The van der Waals surface area contributed by atoms with Crippen LogP contribution in [0.4, 0.5) is 0 Å². The van der Waals surface area contributed by atoms with Gasteiger partial charge in [-0.1, -0.05) is 11.8 Å². The maximum absolute atomic E-state index is 12.6. The Labute approximate surface area is 133 Å². The molecule has 1 amide bonds. The van der Waals surface area contributed by atoms with Gasteiger partial charge in [0.15, 0.2) is 5.12 Å². The molecule has 0 aromatic rings. The Morgan fingerprint density at radius 2 is 1.95 bits per heavy atom. The van der Waals surface area contributed by atoms with Gasteiger partial charge in [-0.3, -0.25) is 14.4 Å². The van der Waals surface area contributed by atoms with E-state index in [0.29, 0.717) is 13.0 Å². The van der Waals surface area contributed by atoms with Crippen LogP contribution in [0.2, 0.25) is 0 Å². The normalized spacial score (nSPS) is 19.4. The largest absolute Gasteiger partial charge is 0.480 e. The molecule has 1 aliphatic rings. The second-order valence-electron chi connectivity index (χ2n) is 5.18. The fraction of sp³-hybridized carbons (Fsp3) is 0.714. The van der Waals surface area contributed by atoms with Crippen LogP contribution in [0, 0.1) is 5.92 Å². The van der Waals surface area contributed by atoms with E-state index in [2.05, 4.69) is 0 Å². The summed E-state index contributed by atoms with van der Waals surface area (Å²) in [6.45, 7) is 2.86. The summed E-state index contributed by atoms with van der Waals surface area (Å²) in [4.78, 5) is 47.2. The van der Waals surface area contributed by atoms with Gasteiger partial charge in [0.05, 0.1) is 5.92 Å². The smallest absolute Gasteiger partial charge is 0.326 e. The van der Waals surface area contributed by atoms with E-state index >= 15 is 0 Å². The molecule has 0 aromatic heterocycles. The molecule has 22 heavy (non-hydrogen) atoms. The van der Waals surface area contributed by atoms with Crippen LogP contribution < -0.4 is 0 Å². The van der Waals surface area contributed by atoms with Crippen LogP contribution in [-0.4, -0.2) is 57.9 Å². The van der Waals surface area contributed by atoms with E-state index in [-0.39, 0.29) is 23.4 Å². The van der Waals surface area contributed by atoms with Gasteiger partial charge in [0.2, 0.25) is 5.91 Å². The zero-order valence-corrected chi connectivity index (χ0v) is 13.6. The number of aliphatic carboxylic acids is 1. The van der Waals surface area contributed by atoms with Gasteiger partial charge in [-0.25, -0.2) is 4.79 Å². The van der Waals surface area contributed by atoms with E-state index in [1.165, 1.54) is 18.7 Å². The predicted octanol–water partition coefficient (Wildman–Crippen LogP) is 0.911. The van der Waals surface area contributed by atoms with E-state index in [9.17, 15) is 24.3 Å². The first-order valence-electron chi connectivity index (χ1n) is 7.13. The number of thioether (sulfide) groups is 1. The zero-order valence-electron chi connectivity index (χ0n) is 12.7. The highest BCUT2D eigenvalue weighted by Gasteiger charge is 2.35. The SMILES string of the molecule is CC(=O)OCC(CSC(C)=O)C(=O)N1CCCCC1C(=O)O. The molecule has 1 saturated heterocycles. The molecule has 1 rings (SSSR count). The summed E-state index contributed by atoms with van der Waals surface area (Å²) in [6.07, 6.45) is 1.93. The van der Waals surface area contributed by atoms with Crippen molar-refractivity contribution in [3.8, 4) is 0 Å². The van der Waals surface area contributed by atoms with Crippen molar-refractivity contribution in [3.05, 3.63) is 0 Å². The van der Waals surface area contributed by atoms with E-state index in [4.69, 9.17) is 4.74 Å². The number of piperidine rings is 1. The first kappa shape index (κ1) is 18.5. The monoisotopic (exact) mass is 331 g/mol. The van der Waals surface area contributed by atoms with Gasteiger partial charge in [-0.2, -0.15) is 0 Å². The molecule has 0 radical (unpaired) electrons. The van der Waals surface area contributed by atoms with Crippen molar-refractivity contribution in [1.82, 2.24) is 4.90 Å². The average Bonchev–Trinajstić information content (AvgIpc) is 2.46. The van der Waals surface area contributed by atoms with Crippen LogP contribution in [0.25, 0.3) is 0 Å². The highest BCUT2D eigenvalue weighted by Crippen LogP contribution is 2.22. The van der Waals surface area contributed by atoms with E-state index < -0.39 is 23.9 Å². The molecule has 0 aromatic carbocycles. The summed E-state index contributed by atoms with van der Waals surface area (Å²) in [5.74, 6) is -2.46. The number of hydrogen-bond donors (Lipinski definition) is 1. The topological polar surface area (TPSA) is 101 Å². The lowest BCUT2D eigenvalue weighted by molar-refractivity contribution is -0.156. The molecule has 0 aliphatic carbocycles. The van der Waals surface area contributed by atoms with Gasteiger partial charge in [-0.05, 0) is 19.3 Å². The lowest BCUT2D eigenvalue weighted by atomic mass is 10.00. The second kappa shape index (κ2) is 8.77. The van der Waals surface area contributed by atoms with E-state index in [1.54, 1.807) is 0 Å². The molecule has 0 saturated carbocycles. The summed E-state index contributed by atoms with van der Waals surface area (Å²) < 4.78 is 4.89. The van der Waals surface area contributed by atoms with Crippen molar-refractivity contribution in [1.29, 1.82) is 0 Å². The van der Waals surface area contributed by atoms with Crippen molar-refractivity contribution >= 4 is 34.7 Å². The number of esters is 1. The van der Waals surface area contributed by atoms with Crippen molar-refractivity contribution in [2.45, 2.75) is 39.2 Å². The molecule has 8 heteroatoms. The van der Waals surface area contributed by atoms with Gasteiger partial charge in [-0.15, -0.1) is 0 Å². The number of nitrogens with zero attached hydrogens (tertiary/aromatic N) is 1. The first-order valence-corrected chi connectivity index (χ1v) is 8.11. The molecule has 1 N–H and O–H groups in total. The standard InChI is InChI=1S/C14H21NO6S/c1-9(16)21-7-11(8-22-10(2)17)13(18)15-6-4-3-5-12(15)14(19)20/h11-12H,3-8H2,1-2H3,(H,19,20). The number of rotatable bonds is 6. The van der Waals surface area contributed by atoms with E-state index in [1.807, 2.05) is 0 Å². The minimum atomic E-state index is -1.03. The summed E-state index contributed by atoms with van der Waals surface area (Å²) in [5, 5.41) is 9.09. The van der Waals surface area contributed by atoms with E-state index in [0.717, 1.165) is 24.6 Å².